The number of benzene rings is 1. The lowest BCUT2D eigenvalue weighted by atomic mass is 10.2. The highest BCUT2D eigenvalue weighted by atomic mass is 79.9. The van der Waals surface area contributed by atoms with Crippen LogP contribution in [0.2, 0.25) is 0 Å². The van der Waals surface area contributed by atoms with Crippen molar-refractivity contribution < 1.29 is 27.8 Å². The highest BCUT2D eigenvalue weighted by Crippen LogP contribution is 2.24. The number of aromatic carboxylic acids is 1. The third kappa shape index (κ3) is 4.73. The Bertz CT molecular complexity index is 635. The molecule has 1 aromatic rings. The van der Waals surface area contributed by atoms with E-state index in [4.69, 9.17) is 5.11 Å². The molecule has 1 atom stereocenters. The molecule has 0 aliphatic carbocycles. The second-order valence-corrected chi connectivity index (χ2v) is 6.97. The monoisotopic (exact) mass is 383 g/mol. The lowest BCUT2D eigenvalue weighted by Crippen LogP contribution is -2.28. The van der Waals surface area contributed by atoms with E-state index >= 15 is 0 Å². The third-order valence-electron chi connectivity index (χ3n) is 2.76. The van der Waals surface area contributed by atoms with Gasteiger partial charge in [-0.3, -0.25) is 0 Å². The Balaban J connectivity index is 3.06. The van der Waals surface area contributed by atoms with Crippen LogP contribution in [0.15, 0.2) is 21.5 Å². The Morgan fingerprint density at radius 3 is 2.62 bits per heavy atom. The van der Waals surface area contributed by atoms with Crippen molar-refractivity contribution >= 4 is 31.9 Å². The Hall–Kier alpha value is -1.03. The number of nitrogens with one attached hydrogen (secondary N) is 1. The van der Waals surface area contributed by atoms with E-state index in [1.54, 1.807) is 6.92 Å². The molecule has 0 saturated heterocycles. The SMILES string of the molecule is CCC(O)CCNS(=O)(=O)c1cc(Br)cc(C(=O)O)c1F. The van der Waals surface area contributed by atoms with Crippen molar-refractivity contribution in [1.82, 2.24) is 4.72 Å². The summed E-state index contributed by atoms with van der Waals surface area (Å²) < 4.78 is 40.3. The molecule has 0 fully saturated rings. The van der Waals surface area contributed by atoms with Gasteiger partial charge in [-0.1, -0.05) is 22.9 Å². The molecular formula is C12H15BrFNO5S. The molecule has 0 radical (unpaired) electrons. The van der Waals surface area contributed by atoms with Gasteiger partial charge in [-0.15, -0.1) is 0 Å². The minimum atomic E-state index is -4.20. The van der Waals surface area contributed by atoms with Crippen LogP contribution in [-0.2, 0) is 10.0 Å². The fraction of sp³-hybridized carbons (Fsp3) is 0.417. The van der Waals surface area contributed by atoms with Gasteiger partial charge in [-0.25, -0.2) is 22.3 Å². The first-order valence-corrected chi connectivity index (χ1v) is 8.36. The van der Waals surface area contributed by atoms with Crippen molar-refractivity contribution in [1.29, 1.82) is 0 Å². The first kappa shape index (κ1) is 18.0. The number of aliphatic hydroxyl groups excluding tert-OH is 1. The van der Waals surface area contributed by atoms with E-state index in [0.29, 0.717) is 6.42 Å². The molecule has 0 amide bonds. The standard InChI is InChI=1S/C12H15BrFNO5S/c1-2-8(16)3-4-15-21(19,20)10-6-7(13)5-9(11(10)14)12(17)18/h5-6,8,15-16H,2-4H2,1H3,(H,17,18). The number of carbonyl (C=O) groups is 1. The highest BCUT2D eigenvalue weighted by Gasteiger charge is 2.24. The summed E-state index contributed by atoms with van der Waals surface area (Å²) in [5, 5.41) is 18.2. The number of carboxylic acid groups (broad SMARTS) is 1. The molecule has 21 heavy (non-hydrogen) atoms. The zero-order chi connectivity index (χ0) is 16.2. The van der Waals surface area contributed by atoms with Gasteiger partial charge < -0.3 is 10.2 Å². The fourth-order valence-electron chi connectivity index (χ4n) is 1.56. The van der Waals surface area contributed by atoms with E-state index < -0.39 is 38.4 Å². The maximum absolute atomic E-state index is 14.0. The molecule has 6 nitrogen and oxygen atoms in total. The predicted octanol–water partition coefficient (Wildman–Crippen LogP) is 1.73. The van der Waals surface area contributed by atoms with Crippen LogP contribution in [0.1, 0.15) is 30.1 Å². The molecular weight excluding hydrogens is 369 g/mol. The van der Waals surface area contributed by atoms with E-state index in [1.165, 1.54) is 0 Å². The molecule has 118 valence electrons. The first-order valence-electron chi connectivity index (χ1n) is 6.09. The molecule has 0 heterocycles. The van der Waals surface area contributed by atoms with Crippen LogP contribution in [0.4, 0.5) is 4.39 Å². The van der Waals surface area contributed by atoms with Crippen LogP contribution >= 0.6 is 15.9 Å². The second kappa shape index (κ2) is 7.30. The van der Waals surface area contributed by atoms with Crippen LogP contribution in [0, 0.1) is 5.82 Å². The molecule has 0 spiro atoms. The molecule has 0 aliphatic heterocycles. The van der Waals surface area contributed by atoms with E-state index in [0.717, 1.165) is 12.1 Å². The molecule has 0 aliphatic rings. The van der Waals surface area contributed by atoms with Crippen molar-refractivity contribution in [3.8, 4) is 0 Å². The average Bonchev–Trinajstić information content (AvgIpc) is 2.40. The van der Waals surface area contributed by atoms with E-state index in [-0.39, 0.29) is 17.4 Å². The van der Waals surface area contributed by atoms with Crippen molar-refractivity contribution in [2.24, 2.45) is 0 Å². The van der Waals surface area contributed by atoms with Crippen molar-refractivity contribution in [2.75, 3.05) is 6.54 Å². The van der Waals surface area contributed by atoms with Gasteiger partial charge in [0.1, 0.15) is 4.90 Å². The maximum Gasteiger partial charge on any atom is 0.338 e. The van der Waals surface area contributed by atoms with Crippen molar-refractivity contribution in [3.05, 3.63) is 28.0 Å². The topological polar surface area (TPSA) is 104 Å². The number of hydrogen-bond donors (Lipinski definition) is 3. The fourth-order valence-corrected chi connectivity index (χ4v) is 3.34. The summed E-state index contributed by atoms with van der Waals surface area (Å²) in [4.78, 5) is 10.1. The molecule has 0 saturated carbocycles. The second-order valence-electron chi connectivity index (χ2n) is 4.32. The van der Waals surface area contributed by atoms with E-state index in [9.17, 15) is 22.7 Å². The van der Waals surface area contributed by atoms with E-state index in [2.05, 4.69) is 20.7 Å². The van der Waals surface area contributed by atoms with Gasteiger partial charge in [0, 0.05) is 11.0 Å². The summed E-state index contributed by atoms with van der Waals surface area (Å²) in [7, 11) is -4.20. The lowest BCUT2D eigenvalue weighted by molar-refractivity contribution is 0.0691. The summed E-state index contributed by atoms with van der Waals surface area (Å²) in [6, 6.07) is 1.97. The minimum Gasteiger partial charge on any atom is -0.478 e. The van der Waals surface area contributed by atoms with E-state index in [1.807, 2.05) is 0 Å². The molecule has 0 aromatic heterocycles. The number of aliphatic hydroxyl groups is 1. The van der Waals surface area contributed by atoms with Crippen molar-refractivity contribution in [2.45, 2.75) is 30.8 Å². The van der Waals surface area contributed by atoms with Crippen LogP contribution in [0.3, 0.4) is 0 Å². The maximum atomic E-state index is 14.0. The Morgan fingerprint density at radius 2 is 2.10 bits per heavy atom. The summed E-state index contributed by atoms with van der Waals surface area (Å²) >= 11 is 2.95. The van der Waals surface area contributed by atoms with Crippen LogP contribution in [0.25, 0.3) is 0 Å². The first-order chi connectivity index (χ1) is 9.69. The number of halogens is 2. The Labute approximate surface area is 130 Å². The molecule has 1 aromatic carbocycles. The lowest BCUT2D eigenvalue weighted by Gasteiger charge is -2.11. The zero-order valence-electron chi connectivity index (χ0n) is 11.1. The third-order valence-corrected chi connectivity index (χ3v) is 4.68. The van der Waals surface area contributed by atoms with Gasteiger partial charge in [-0.05, 0) is 25.0 Å². The van der Waals surface area contributed by atoms with Gasteiger partial charge in [0.25, 0.3) is 0 Å². The van der Waals surface area contributed by atoms with Crippen LogP contribution < -0.4 is 4.72 Å². The Morgan fingerprint density at radius 1 is 1.48 bits per heavy atom. The zero-order valence-corrected chi connectivity index (χ0v) is 13.5. The van der Waals surface area contributed by atoms with Crippen LogP contribution in [-0.4, -0.2) is 37.2 Å². The minimum absolute atomic E-state index is 0.0777. The highest BCUT2D eigenvalue weighted by molar-refractivity contribution is 9.10. The number of carboxylic acids is 1. The van der Waals surface area contributed by atoms with Crippen LogP contribution in [0.5, 0.6) is 0 Å². The molecule has 9 heteroatoms. The molecule has 1 unspecified atom stereocenters. The quantitative estimate of drug-likeness (QED) is 0.664. The molecule has 3 N–H and O–H groups in total. The van der Waals surface area contributed by atoms with Crippen molar-refractivity contribution in [3.63, 3.8) is 0 Å². The molecule has 0 bridgehead atoms. The average molecular weight is 384 g/mol. The smallest absolute Gasteiger partial charge is 0.338 e. The normalized spacial score (nSPS) is 13.1. The van der Waals surface area contributed by atoms with Gasteiger partial charge in [0.2, 0.25) is 10.0 Å². The predicted molar refractivity (Wildman–Crippen MR) is 77.2 cm³/mol. The summed E-state index contributed by atoms with van der Waals surface area (Å²) in [6.07, 6.45) is -0.0116. The summed E-state index contributed by atoms with van der Waals surface area (Å²) in [6.45, 7) is 1.66. The number of hydrogen-bond acceptors (Lipinski definition) is 4. The van der Waals surface area contributed by atoms with Gasteiger partial charge in [-0.2, -0.15) is 0 Å². The molecule has 1 rings (SSSR count). The number of rotatable bonds is 7. The van der Waals surface area contributed by atoms with Gasteiger partial charge >= 0.3 is 5.97 Å². The van der Waals surface area contributed by atoms with Gasteiger partial charge in [0.05, 0.1) is 11.7 Å². The Kier molecular flexibility index (Phi) is 6.26. The number of sulfonamides is 1. The largest absolute Gasteiger partial charge is 0.478 e. The summed E-state index contributed by atoms with van der Waals surface area (Å²) in [5.74, 6) is -2.89. The summed E-state index contributed by atoms with van der Waals surface area (Å²) in [5.41, 5.74) is -0.738. The van der Waals surface area contributed by atoms with Gasteiger partial charge in [0.15, 0.2) is 5.82 Å².